The topological polar surface area (TPSA) is 53.5 Å². The van der Waals surface area contributed by atoms with E-state index < -0.39 is 0 Å². The molecule has 0 saturated carbocycles. The molecule has 4 aromatic rings. The van der Waals surface area contributed by atoms with Crippen LogP contribution in [-0.2, 0) is 0 Å². The molecule has 0 aliphatic carbocycles. The maximum absolute atomic E-state index is 5.54. The van der Waals surface area contributed by atoms with E-state index in [1.54, 1.807) is 27.5 Å². The number of hydrogen-bond donors (Lipinski definition) is 0. The number of methoxy groups -OCH3 is 3. The van der Waals surface area contributed by atoms with Gasteiger partial charge in [0.15, 0.2) is 11.5 Å². The Kier molecular flexibility index (Phi) is 5.61. The molecule has 2 heterocycles. The lowest BCUT2D eigenvalue weighted by Crippen LogP contribution is -1.97. The van der Waals surface area contributed by atoms with Crippen LogP contribution in [0.1, 0.15) is 0 Å². The first-order chi connectivity index (χ1) is 14.7. The standard InChI is InChI=1S/C25H22N2O3/c1-28-23-15-19(16-24(29-2)25(23)30-3)18-13-21(17-9-5-4-6-10-17)27-22(14-18)20-11-7-8-12-26-20/h4-16H,1-3H3. The zero-order chi connectivity index (χ0) is 20.9. The second-order valence-electron chi connectivity index (χ2n) is 6.62. The first-order valence-electron chi connectivity index (χ1n) is 9.52. The molecule has 5 heteroatoms. The van der Waals surface area contributed by atoms with E-state index in [1.165, 1.54) is 0 Å². The second kappa shape index (κ2) is 8.66. The van der Waals surface area contributed by atoms with Crippen LogP contribution in [0.25, 0.3) is 33.8 Å². The van der Waals surface area contributed by atoms with E-state index in [0.717, 1.165) is 33.8 Å². The summed E-state index contributed by atoms with van der Waals surface area (Å²) in [5.41, 5.74) is 5.40. The van der Waals surface area contributed by atoms with E-state index in [1.807, 2.05) is 66.7 Å². The Morgan fingerprint density at radius 3 is 1.80 bits per heavy atom. The average molecular weight is 398 g/mol. The summed E-state index contributed by atoms with van der Waals surface area (Å²) in [7, 11) is 4.82. The molecular weight excluding hydrogens is 376 g/mol. The fourth-order valence-electron chi connectivity index (χ4n) is 3.35. The van der Waals surface area contributed by atoms with Crippen LogP contribution in [0, 0.1) is 0 Å². The van der Waals surface area contributed by atoms with Crippen molar-refractivity contribution < 1.29 is 14.2 Å². The van der Waals surface area contributed by atoms with Crippen molar-refractivity contribution in [2.45, 2.75) is 0 Å². The van der Waals surface area contributed by atoms with Gasteiger partial charge in [0.1, 0.15) is 0 Å². The first-order valence-corrected chi connectivity index (χ1v) is 9.52. The molecule has 0 unspecified atom stereocenters. The predicted octanol–water partition coefficient (Wildman–Crippen LogP) is 5.50. The molecule has 5 nitrogen and oxygen atoms in total. The van der Waals surface area contributed by atoms with Gasteiger partial charge in [-0.2, -0.15) is 0 Å². The minimum Gasteiger partial charge on any atom is -0.493 e. The summed E-state index contributed by atoms with van der Waals surface area (Å²) < 4.78 is 16.5. The molecule has 0 saturated heterocycles. The molecule has 4 rings (SSSR count). The maximum atomic E-state index is 5.54. The number of hydrogen-bond acceptors (Lipinski definition) is 5. The summed E-state index contributed by atoms with van der Waals surface area (Å²) in [6, 6.07) is 23.9. The smallest absolute Gasteiger partial charge is 0.203 e. The largest absolute Gasteiger partial charge is 0.493 e. The number of aromatic nitrogens is 2. The molecule has 0 radical (unpaired) electrons. The Morgan fingerprint density at radius 1 is 0.567 bits per heavy atom. The number of ether oxygens (including phenoxy) is 3. The van der Waals surface area contributed by atoms with E-state index >= 15 is 0 Å². The number of pyridine rings is 2. The molecule has 2 aromatic heterocycles. The van der Waals surface area contributed by atoms with Gasteiger partial charge in [-0.25, -0.2) is 4.98 Å². The van der Waals surface area contributed by atoms with E-state index in [4.69, 9.17) is 19.2 Å². The van der Waals surface area contributed by atoms with Crippen molar-refractivity contribution in [3.8, 4) is 51.0 Å². The molecule has 0 atom stereocenters. The Morgan fingerprint density at radius 2 is 1.20 bits per heavy atom. The van der Waals surface area contributed by atoms with Gasteiger partial charge >= 0.3 is 0 Å². The van der Waals surface area contributed by atoms with Crippen LogP contribution >= 0.6 is 0 Å². The Bertz CT molecular complexity index is 1060. The Balaban J connectivity index is 1.94. The van der Waals surface area contributed by atoms with Crippen LogP contribution in [0.15, 0.2) is 79.0 Å². The molecule has 30 heavy (non-hydrogen) atoms. The van der Waals surface area contributed by atoms with Crippen LogP contribution in [0.5, 0.6) is 17.2 Å². The number of nitrogens with zero attached hydrogens (tertiary/aromatic N) is 2. The Labute approximate surface area is 175 Å². The third-order valence-corrected chi connectivity index (χ3v) is 4.82. The lowest BCUT2D eigenvalue weighted by Gasteiger charge is -2.15. The van der Waals surface area contributed by atoms with Gasteiger partial charge in [0.05, 0.1) is 38.4 Å². The summed E-state index contributed by atoms with van der Waals surface area (Å²) in [5, 5.41) is 0. The predicted molar refractivity (Wildman–Crippen MR) is 118 cm³/mol. The highest BCUT2D eigenvalue weighted by atomic mass is 16.5. The average Bonchev–Trinajstić information content (AvgIpc) is 2.83. The van der Waals surface area contributed by atoms with Gasteiger partial charge in [-0.3, -0.25) is 4.98 Å². The lowest BCUT2D eigenvalue weighted by atomic mass is 10.0. The fourth-order valence-corrected chi connectivity index (χ4v) is 3.35. The van der Waals surface area contributed by atoms with Gasteiger partial charge in [0.25, 0.3) is 0 Å². The summed E-state index contributed by atoms with van der Waals surface area (Å²) in [4.78, 5) is 9.35. The van der Waals surface area contributed by atoms with Crippen LogP contribution in [-0.4, -0.2) is 31.3 Å². The zero-order valence-corrected chi connectivity index (χ0v) is 17.1. The lowest BCUT2D eigenvalue weighted by molar-refractivity contribution is 0.324. The summed E-state index contributed by atoms with van der Waals surface area (Å²) >= 11 is 0. The van der Waals surface area contributed by atoms with Crippen LogP contribution in [0.2, 0.25) is 0 Å². The summed E-state index contributed by atoms with van der Waals surface area (Å²) in [6.45, 7) is 0. The van der Waals surface area contributed by atoms with Crippen molar-refractivity contribution in [3.05, 3.63) is 79.0 Å². The van der Waals surface area contributed by atoms with Crippen molar-refractivity contribution >= 4 is 0 Å². The van der Waals surface area contributed by atoms with Crippen LogP contribution in [0.4, 0.5) is 0 Å². The molecule has 0 aliphatic heterocycles. The molecule has 0 bridgehead atoms. The van der Waals surface area contributed by atoms with Gasteiger partial charge < -0.3 is 14.2 Å². The molecule has 2 aromatic carbocycles. The van der Waals surface area contributed by atoms with Crippen molar-refractivity contribution in [2.24, 2.45) is 0 Å². The first kappa shape index (κ1) is 19.5. The van der Waals surface area contributed by atoms with Crippen LogP contribution < -0.4 is 14.2 Å². The molecular formula is C25H22N2O3. The number of rotatable bonds is 6. The molecule has 0 fully saturated rings. The monoisotopic (exact) mass is 398 g/mol. The second-order valence-corrected chi connectivity index (χ2v) is 6.62. The minimum atomic E-state index is 0.561. The highest BCUT2D eigenvalue weighted by molar-refractivity contribution is 5.78. The van der Waals surface area contributed by atoms with Crippen molar-refractivity contribution in [1.82, 2.24) is 9.97 Å². The normalized spacial score (nSPS) is 10.5. The fraction of sp³-hybridized carbons (Fsp3) is 0.120. The number of benzene rings is 2. The SMILES string of the molecule is COc1cc(-c2cc(-c3ccccc3)nc(-c3ccccn3)c2)cc(OC)c1OC. The van der Waals surface area contributed by atoms with Gasteiger partial charge in [-0.05, 0) is 47.5 Å². The van der Waals surface area contributed by atoms with Gasteiger partial charge in [0.2, 0.25) is 5.75 Å². The van der Waals surface area contributed by atoms with Crippen molar-refractivity contribution in [1.29, 1.82) is 0 Å². The van der Waals surface area contributed by atoms with E-state index in [9.17, 15) is 0 Å². The van der Waals surface area contributed by atoms with Gasteiger partial charge in [-0.15, -0.1) is 0 Å². The van der Waals surface area contributed by atoms with E-state index in [2.05, 4.69) is 11.1 Å². The molecule has 150 valence electrons. The quantitative estimate of drug-likeness (QED) is 0.429. The third-order valence-electron chi connectivity index (χ3n) is 4.82. The summed E-state index contributed by atoms with van der Waals surface area (Å²) in [6.07, 6.45) is 1.77. The molecule has 0 amide bonds. The maximum Gasteiger partial charge on any atom is 0.203 e. The molecule has 0 spiro atoms. The van der Waals surface area contributed by atoms with Crippen molar-refractivity contribution in [2.75, 3.05) is 21.3 Å². The summed E-state index contributed by atoms with van der Waals surface area (Å²) in [5.74, 6) is 1.76. The third kappa shape index (κ3) is 3.82. The Hall–Kier alpha value is -3.86. The van der Waals surface area contributed by atoms with Crippen LogP contribution in [0.3, 0.4) is 0 Å². The highest BCUT2D eigenvalue weighted by Crippen LogP contribution is 2.42. The minimum absolute atomic E-state index is 0.561. The van der Waals surface area contributed by atoms with E-state index in [-0.39, 0.29) is 0 Å². The zero-order valence-electron chi connectivity index (χ0n) is 17.1. The highest BCUT2D eigenvalue weighted by Gasteiger charge is 2.16. The molecule has 0 N–H and O–H groups in total. The van der Waals surface area contributed by atoms with Gasteiger partial charge in [-0.1, -0.05) is 36.4 Å². The van der Waals surface area contributed by atoms with E-state index in [0.29, 0.717) is 17.2 Å². The van der Waals surface area contributed by atoms with Gasteiger partial charge in [0, 0.05) is 11.8 Å². The van der Waals surface area contributed by atoms with Crippen molar-refractivity contribution in [3.63, 3.8) is 0 Å². The molecule has 0 aliphatic rings.